The van der Waals surface area contributed by atoms with Crippen LogP contribution < -0.4 is 9.64 Å². The largest absolute Gasteiger partial charge is 0.506 e. The zero-order valence-electron chi connectivity index (χ0n) is 17.6. The van der Waals surface area contributed by atoms with Gasteiger partial charge in [-0.15, -0.1) is 0 Å². The van der Waals surface area contributed by atoms with Gasteiger partial charge in [-0.2, -0.15) is 0 Å². The molecule has 0 amide bonds. The number of piperazine rings is 1. The number of anilines is 1. The second-order valence-corrected chi connectivity index (χ2v) is 7.80. The molecule has 2 heterocycles. The molecule has 1 aliphatic heterocycles. The normalized spacial score (nSPS) is 14.8. The van der Waals surface area contributed by atoms with Gasteiger partial charge in [-0.05, 0) is 48.5 Å². The quantitative estimate of drug-likeness (QED) is 0.534. The van der Waals surface area contributed by atoms with Gasteiger partial charge in [-0.1, -0.05) is 24.3 Å². The average Bonchev–Trinajstić information content (AvgIpc) is 3.18. The molecular formula is C25H26N4O2. The highest BCUT2D eigenvalue weighted by Crippen LogP contribution is 2.28. The summed E-state index contributed by atoms with van der Waals surface area (Å²) in [7, 11) is 1.68. The van der Waals surface area contributed by atoms with Crippen molar-refractivity contribution in [1.29, 1.82) is 0 Å². The van der Waals surface area contributed by atoms with Gasteiger partial charge in [0.25, 0.3) is 0 Å². The number of hydrogen-bond donors (Lipinski definition) is 1. The SMILES string of the molecule is COc1ccc(-n2c(CN3CCN(c4ccccc4O)CC3)nc3ccccc32)cc1. The number of para-hydroxylation sites is 4. The molecule has 0 atom stereocenters. The van der Waals surface area contributed by atoms with E-state index < -0.39 is 0 Å². The molecule has 6 nitrogen and oxygen atoms in total. The molecule has 31 heavy (non-hydrogen) atoms. The van der Waals surface area contributed by atoms with Gasteiger partial charge in [-0.3, -0.25) is 9.47 Å². The van der Waals surface area contributed by atoms with Crippen LogP contribution >= 0.6 is 0 Å². The number of aromatic nitrogens is 2. The number of rotatable bonds is 5. The van der Waals surface area contributed by atoms with Crippen molar-refractivity contribution in [2.45, 2.75) is 6.54 Å². The van der Waals surface area contributed by atoms with Crippen LogP contribution in [0.2, 0.25) is 0 Å². The lowest BCUT2D eigenvalue weighted by Gasteiger charge is -2.36. The van der Waals surface area contributed by atoms with Crippen molar-refractivity contribution in [3.63, 3.8) is 0 Å². The molecule has 0 spiro atoms. The second-order valence-electron chi connectivity index (χ2n) is 7.80. The Morgan fingerprint density at radius 2 is 1.58 bits per heavy atom. The van der Waals surface area contributed by atoms with E-state index in [1.54, 1.807) is 13.2 Å². The zero-order chi connectivity index (χ0) is 21.2. The Morgan fingerprint density at radius 1 is 0.871 bits per heavy atom. The number of methoxy groups -OCH3 is 1. The summed E-state index contributed by atoms with van der Waals surface area (Å²) in [6, 6.07) is 23.9. The minimum Gasteiger partial charge on any atom is -0.506 e. The molecule has 0 bridgehead atoms. The fraction of sp³-hybridized carbons (Fsp3) is 0.240. The highest BCUT2D eigenvalue weighted by Gasteiger charge is 2.21. The van der Waals surface area contributed by atoms with Gasteiger partial charge in [0, 0.05) is 31.9 Å². The number of benzene rings is 3. The number of fused-ring (bicyclic) bond motifs is 1. The van der Waals surface area contributed by atoms with Crippen molar-refractivity contribution < 1.29 is 9.84 Å². The van der Waals surface area contributed by atoms with Gasteiger partial charge < -0.3 is 14.7 Å². The van der Waals surface area contributed by atoms with E-state index >= 15 is 0 Å². The molecule has 158 valence electrons. The van der Waals surface area contributed by atoms with E-state index in [9.17, 15) is 5.11 Å². The minimum absolute atomic E-state index is 0.345. The molecule has 3 aromatic carbocycles. The molecule has 0 unspecified atom stereocenters. The maximum Gasteiger partial charge on any atom is 0.138 e. The molecule has 1 N–H and O–H groups in total. The van der Waals surface area contributed by atoms with E-state index in [-0.39, 0.29) is 0 Å². The zero-order valence-corrected chi connectivity index (χ0v) is 17.6. The van der Waals surface area contributed by atoms with Crippen molar-refractivity contribution in [1.82, 2.24) is 14.5 Å². The molecule has 1 saturated heterocycles. The molecule has 4 aromatic rings. The van der Waals surface area contributed by atoms with Crippen molar-refractivity contribution in [3.05, 3.63) is 78.6 Å². The Kier molecular flexibility index (Phi) is 5.22. The maximum atomic E-state index is 10.2. The summed E-state index contributed by atoms with van der Waals surface area (Å²) in [5.74, 6) is 2.22. The van der Waals surface area contributed by atoms with Crippen LogP contribution in [0, 0.1) is 0 Å². The summed E-state index contributed by atoms with van der Waals surface area (Å²) in [6.45, 7) is 4.36. The number of phenols is 1. The van der Waals surface area contributed by atoms with E-state index in [2.05, 4.69) is 44.7 Å². The Labute approximate surface area is 181 Å². The van der Waals surface area contributed by atoms with Gasteiger partial charge in [0.2, 0.25) is 0 Å². The summed E-state index contributed by atoms with van der Waals surface area (Å²) in [6.07, 6.45) is 0. The van der Waals surface area contributed by atoms with E-state index in [4.69, 9.17) is 9.72 Å². The van der Waals surface area contributed by atoms with E-state index in [1.807, 2.05) is 36.4 Å². The van der Waals surface area contributed by atoms with Gasteiger partial charge in [0.15, 0.2) is 0 Å². The molecule has 0 radical (unpaired) electrons. The standard InChI is InChI=1S/C25H26N4O2/c1-31-20-12-10-19(11-13-20)29-22-7-3-2-6-21(22)26-25(29)18-27-14-16-28(17-15-27)23-8-4-5-9-24(23)30/h2-13,30H,14-18H2,1H3. The predicted molar refractivity (Wildman–Crippen MR) is 123 cm³/mol. The smallest absolute Gasteiger partial charge is 0.138 e. The monoisotopic (exact) mass is 414 g/mol. The molecule has 0 aliphatic carbocycles. The highest BCUT2D eigenvalue weighted by atomic mass is 16.5. The lowest BCUT2D eigenvalue weighted by molar-refractivity contribution is 0.242. The first-order chi connectivity index (χ1) is 15.2. The molecule has 1 fully saturated rings. The lowest BCUT2D eigenvalue weighted by atomic mass is 10.2. The fourth-order valence-electron chi connectivity index (χ4n) is 4.28. The summed E-state index contributed by atoms with van der Waals surface area (Å²) in [5.41, 5.74) is 4.10. The lowest BCUT2D eigenvalue weighted by Crippen LogP contribution is -2.46. The number of aromatic hydroxyl groups is 1. The van der Waals surface area contributed by atoms with E-state index in [0.29, 0.717) is 5.75 Å². The number of ether oxygens (including phenoxy) is 1. The number of hydrogen-bond acceptors (Lipinski definition) is 5. The Bertz CT molecular complexity index is 1180. The van der Waals surface area contributed by atoms with Crippen LogP contribution in [0.4, 0.5) is 5.69 Å². The van der Waals surface area contributed by atoms with Crippen molar-refractivity contribution in [3.8, 4) is 17.2 Å². The summed E-state index contributed by atoms with van der Waals surface area (Å²) >= 11 is 0. The van der Waals surface area contributed by atoms with Crippen LogP contribution in [0.15, 0.2) is 72.8 Å². The Morgan fingerprint density at radius 3 is 2.32 bits per heavy atom. The average molecular weight is 415 g/mol. The van der Waals surface area contributed by atoms with Gasteiger partial charge in [0.05, 0.1) is 30.4 Å². The maximum absolute atomic E-state index is 10.2. The summed E-state index contributed by atoms with van der Waals surface area (Å²) in [5, 5.41) is 10.2. The first-order valence-corrected chi connectivity index (χ1v) is 10.6. The highest BCUT2D eigenvalue weighted by molar-refractivity contribution is 5.78. The van der Waals surface area contributed by atoms with Crippen LogP contribution in [0.5, 0.6) is 11.5 Å². The molecule has 5 rings (SSSR count). The van der Waals surface area contributed by atoms with Crippen LogP contribution in [-0.4, -0.2) is 52.8 Å². The first-order valence-electron chi connectivity index (χ1n) is 10.6. The molecule has 1 aliphatic rings. The van der Waals surface area contributed by atoms with Crippen LogP contribution in [0.3, 0.4) is 0 Å². The number of nitrogens with zero attached hydrogens (tertiary/aromatic N) is 4. The topological polar surface area (TPSA) is 53.8 Å². The number of phenolic OH excluding ortho intramolecular Hbond substituents is 1. The third-order valence-electron chi connectivity index (χ3n) is 5.92. The molecule has 6 heteroatoms. The van der Waals surface area contributed by atoms with Gasteiger partial charge >= 0.3 is 0 Å². The summed E-state index contributed by atoms with van der Waals surface area (Å²) < 4.78 is 7.57. The van der Waals surface area contributed by atoms with Crippen LogP contribution in [0.1, 0.15) is 5.82 Å². The van der Waals surface area contributed by atoms with Crippen molar-refractivity contribution >= 4 is 16.7 Å². The fourth-order valence-corrected chi connectivity index (χ4v) is 4.28. The second kappa shape index (κ2) is 8.32. The minimum atomic E-state index is 0.345. The number of imidazole rings is 1. The van der Waals surface area contributed by atoms with Crippen LogP contribution in [0.25, 0.3) is 16.7 Å². The Balaban J connectivity index is 1.39. The van der Waals surface area contributed by atoms with Crippen LogP contribution in [-0.2, 0) is 6.54 Å². The molecule has 0 saturated carbocycles. The third kappa shape index (κ3) is 3.82. The first kappa shape index (κ1) is 19.5. The van der Waals surface area contributed by atoms with E-state index in [0.717, 1.165) is 66.7 Å². The third-order valence-corrected chi connectivity index (χ3v) is 5.92. The summed E-state index contributed by atoms with van der Waals surface area (Å²) in [4.78, 5) is 9.63. The van der Waals surface area contributed by atoms with Gasteiger partial charge in [0.1, 0.15) is 17.3 Å². The molecule has 1 aromatic heterocycles. The Hall–Kier alpha value is -3.51. The predicted octanol–water partition coefficient (Wildman–Crippen LogP) is 4.06. The van der Waals surface area contributed by atoms with Crippen molar-refractivity contribution in [2.75, 3.05) is 38.2 Å². The van der Waals surface area contributed by atoms with Crippen molar-refractivity contribution in [2.24, 2.45) is 0 Å². The van der Waals surface area contributed by atoms with Gasteiger partial charge in [-0.25, -0.2) is 4.98 Å². The van der Waals surface area contributed by atoms with E-state index in [1.165, 1.54) is 0 Å². The molecular weight excluding hydrogens is 388 g/mol.